The van der Waals surface area contributed by atoms with Crippen molar-refractivity contribution in [2.45, 2.75) is 43.7 Å². The Hall–Kier alpha value is -2.78. The fourth-order valence-corrected chi connectivity index (χ4v) is 4.85. The third-order valence-electron chi connectivity index (χ3n) is 5.29. The van der Waals surface area contributed by atoms with E-state index < -0.39 is 26.8 Å². The highest BCUT2D eigenvalue weighted by atomic mass is 32.2. The quantitative estimate of drug-likeness (QED) is 0.678. The second kappa shape index (κ2) is 6.64. The summed E-state index contributed by atoms with van der Waals surface area (Å²) in [6.45, 7) is 3.78. The Balaban J connectivity index is 1.86. The van der Waals surface area contributed by atoms with Crippen LogP contribution in [-0.2, 0) is 23.6 Å². The standard InChI is InChI=1S/C20H22N4O4S/c1-13-8-14(11-21-10-13)12-24-18(25)16-9-15(4-5-17(16)23(3)19(24)26)29(27,28)22-20(2)6-7-20/h4-5,8-11,22H,6-7,12H2,1-3H3. The molecule has 0 bridgehead atoms. The topological polar surface area (TPSA) is 103 Å². The van der Waals surface area contributed by atoms with Crippen LogP contribution in [0.25, 0.3) is 10.9 Å². The molecule has 1 saturated carbocycles. The Kier molecular flexibility index (Phi) is 4.47. The van der Waals surface area contributed by atoms with Gasteiger partial charge in [-0.3, -0.25) is 18.9 Å². The Labute approximate surface area is 167 Å². The maximum Gasteiger partial charge on any atom is 0.331 e. The number of rotatable bonds is 5. The Morgan fingerprint density at radius 1 is 1.17 bits per heavy atom. The van der Waals surface area contributed by atoms with Gasteiger partial charge >= 0.3 is 5.69 Å². The molecule has 3 aromatic rings. The van der Waals surface area contributed by atoms with Gasteiger partial charge in [0.2, 0.25) is 10.0 Å². The summed E-state index contributed by atoms with van der Waals surface area (Å²) in [5, 5.41) is 0.177. The first-order valence-electron chi connectivity index (χ1n) is 9.28. The Morgan fingerprint density at radius 2 is 1.90 bits per heavy atom. The van der Waals surface area contributed by atoms with E-state index in [1.54, 1.807) is 19.4 Å². The van der Waals surface area contributed by atoms with Crippen LogP contribution in [-0.4, -0.2) is 28.1 Å². The van der Waals surface area contributed by atoms with Crippen LogP contribution in [0.15, 0.2) is 51.1 Å². The molecule has 1 N–H and O–H groups in total. The first-order chi connectivity index (χ1) is 13.6. The van der Waals surface area contributed by atoms with Gasteiger partial charge in [-0.2, -0.15) is 0 Å². The van der Waals surface area contributed by atoms with E-state index in [1.807, 2.05) is 19.9 Å². The number of pyridine rings is 1. The smallest absolute Gasteiger partial charge is 0.296 e. The molecule has 0 atom stereocenters. The van der Waals surface area contributed by atoms with Gasteiger partial charge in [-0.25, -0.2) is 17.9 Å². The van der Waals surface area contributed by atoms with E-state index in [-0.39, 0.29) is 16.8 Å². The number of nitrogens with zero attached hydrogens (tertiary/aromatic N) is 3. The van der Waals surface area contributed by atoms with Crippen molar-refractivity contribution in [3.63, 3.8) is 0 Å². The van der Waals surface area contributed by atoms with Crippen molar-refractivity contribution in [3.05, 3.63) is 68.6 Å². The largest absolute Gasteiger partial charge is 0.331 e. The lowest BCUT2D eigenvalue weighted by atomic mass is 10.2. The SMILES string of the molecule is Cc1cncc(Cn2c(=O)c3cc(S(=O)(=O)NC4(C)CC4)ccc3n(C)c2=O)c1. The fraction of sp³-hybridized carbons (Fsp3) is 0.350. The number of sulfonamides is 1. The average Bonchev–Trinajstić information content (AvgIpc) is 3.38. The monoisotopic (exact) mass is 414 g/mol. The summed E-state index contributed by atoms with van der Waals surface area (Å²) in [5.74, 6) is 0. The van der Waals surface area contributed by atoms with E-state index in [0.29, 0.717) is 5.52 Å². The third kappa shape index (κ3) is 3.63. The lowest BCUT2D eigenvalue weighted by Gasteiger charge is -2.14. The number of aromatic nitrogens is 3. The highest BCUT2D eigenvalue weighted by molar-refractivity contribution is 7.89. The van der Waals surface area contributed by atoms with Crippen LogP contribution in [0.2, 0.25) is 0 Å². The van der Waals surface area contributed by atoms with Gasteiger partial charge in [-0.1, -0.05) is 6.07 Å². The van der Waals surface area contributed by atoms with Crippen LogP contribution in [0.5, 0.6) is 0 Å². The maximum absolute atomic E-state index is 13.1. The summed E-state index contributed by atoms with van der Waals surface area (Å²) in [6.07, 6.45) is 4.86. The number of nitrogens with one attached hydrogen (secondary N) is 1. The van der Waals surface area contributed by atoms with Crippen LogP contribution in [0.3, 0.4) is 0 Å². The Morgan fingerprint density at radius 3 is 2.55 bits per heavy atom. The minimum Gasteiger partial charge on any atom is -0.296 e. The number of benzene rings is 1. The van der Waals surface area contributed by atoms with Crippen molar-refractivity contribution in [2.24, 2.45) is 7.05 Å². The van der Waals surface area contributed by atoms with Gasteiger partial charge in [-0.15, -0.1) is 0 Å². The minimum absolute atomic E-state index is 0.0117. The van der Waals surface area contributed by atoms with Gasteiger partial charge in [0.1, 0.15) is 0 Å². The number of hydrogen-bond donors (Lipinski definition) is 1. The first-order valence-corrected chi connectivity index (χ1v) is 10.8. The van der Waals surface area contributed by atoms with Crippen LogP contribution >= 0.6 is 0 Å². The fourth-order valence-electron chi connectivity index (χ4n) is 3.36. The van der Waals surface area contributed by atoms with Crippen LogP contribution in [0.4, 0.5) is 0 Å². The molecule has 0 unspecified atom stereocenters. The molecule has 9 heteroatoms. The van der Waals surface area contributed by atoms with E-state index in [2.05, 4.69) is 9.71 Å². The molecule has 0 radical (unpaired) electrons. The predicted octanol–water partition coefficient (Wildman–Crippen LogP) is 1.28. The van der Waals surface area contributed by atoms with Crippen molar-refractivity contribution in [1.82, 2.24) is 18.8 Å². The van der Waals surface area contributed by atoms with Crippen molar-refractivity contribution in [2.75, 3.05) is 0 Å². The molecular weight excluding hydrogens is 392 g/mol. The highest BCUT2D eigenvalue weighted by Crippen LogP contribution is 2.36. The van der Waals surface area contributed by atoms with E-state index >= 15 is 0 Å². The lowest BCUT2D eigenvalue weighted by molar-refractivity contribution is 0.558. The van der Waals surface area contributed by atoms with Gasteiger partial charge in [0.05, 0.1) is 22.3 Å². The molecule has 8 nitrogen and oxygen atoms in total. The second-order valence-corrected chi connectivity index (χ2v) is 9.63. The summed E-state index contributed by atoms with van der Waals surface area (Å²) in [5.41, 5.74) is 0.602. The summed E-state index contributed by atoms with van der Waals surface area (Å²) < 4.78 is 30.6. The zero-order chi connectivity index (χ0) is 21.0. The molecule has 2 heterocycles. The Bertz CT molecular complexity index is 1350. The van der Waals surface area contributed by atoms with E-state index in [1.165, 1.54) is 22.8 Å². The van der Waals surface area contributed by atoms with Crippen molar-refractivity contribution >= 4 is 20.9 Å². The van der Waals surface area contributed by atoms with Crippen LogP contribution < -0.4 is 16.0 Å². The van der Waals surface area contributed by atoms with E-state index in [9.17, 15) is 18.0 Å². The van der Waals surface area contributed by atoms with Gasteiger partial charge < -0.3 is 0 Å². The molecule has 152 valence electrons. The summed E-state index contributed by atoms with van der Waals surface area (Å²) in [6, 6.07) is 6.12. The molecule has 1 aromatic carbocycles. The third-order valence-corrected chi connectivity index (χ3v) is 6.92. The molecule has 29 heavy (non-hydrogen) atoms. The lowest BCUT2D eigenvalue weighted by Crippen LogP contribution is -2.39. The zero-order valence-corrected chi connectivity index (χ0v) is 17.3. The van der Waals surface area contributed by atoms with Gasteiger partial charge in [0.25, 0.3) is 5.56 Å². The van der Waals surface area contributed by atoms with Crippen LogP contribution in [0.1, 0.15) is 30.9 Å². The molecule has 2 aromatic heterocycles. The summed E-state index contributed by atoms with van der Waals surface area (Å²) in [7, 11) is -2.20. The minimum atomic E-state index is -3.76. The van der Waals surface area contributed by atoms with Crippen LogP contribution in [0, 0.1) is 6.92 Å². The summed E-state index contributed by atoms with van der Waals surface area (Å²) >= 11 is 0. The molecule has 1 fully saturated rings. The molecule has 0 amide bonds. The van der Waals surface area contributed by atoms with Crippen molar-refractivity contribution in [3.8, 4) is 0 Å². The number of aryl methyl sites for hydroxylation is 2. The van der Waals surface area contributed by atoms with Crippen molar-refractivity contribution in [1.29, 1.82) is 0 Å². The summed E-state index contributed by atoms with van der Waals surface area (Å²) in [4.78, 5) is 29.9. The van der Waals surface area contributed by atoms with Gasteiger partial charge in [-0.05, 0) is 56.0 Å². The molecular formula is C20H22N4O4S. The number of hydrogen-bond acceptors (Lipinski definition) is 5. The molecule has 0 aliphatic heterocycles. The van der Waals surface area contributed by atoms with Gasteiger partial charge in [0, 0.05) is 25.0 Å². The van der Waals surface area contributed by atoms with Gasteiger partial charge in [0.15, 0.2) is 0 Å². The molecule has 1 aliphatic carbocycles. The van der Waals surface area contributed by atoms with E-state index in [4.69, 9.17) is 0 Å². The maximum atomic E-state index is 13.1. The highest BCUT2D eigenvalue weighted by Gasteiger charge is 2.41. The molecule has 1 aliphatic rings. The molecule has 0 spiro atoms. The first kappa shape index (κ1) is 19.5. The number of fused-ring (bicyclic) bond motifs is 1. The zero-order valence-electron chi connectivity index (χ0n) is 16.5. The average molecular weight is 414 g/mol. The normalized spacial score (nSPS) is 15.6. The van der Waals surface area contributed by atoms with E-state index in [0.717, 1.165) is 28.5 Å². The predicted molar refractivity (Wildman–Crippen MR) is 109 cm³/mol. The second-order valence-electron chi connectivity index (χ2n) is 7.95. The molecule has 0 saturated heterocycles. The molecule has 4 rings (SSSR count). The van der Waals surface area contributed by atoms with Crippen molar-refractivity contribution < 1.29 is 8.42 Å².